The molecule has 3 heterocycles. The number of hydrogen-bond donors (Lipinski definition) is 1. The Morgan fingerprint density at radius 3 is 2.52 bits per heavy atom. The summed E-state index contributed by atoms with van der Waals surface area (Å²) in [5.41, 5.74) is 5.08. The third-order valence-electron chi connectivity index (χ3n) is 4.42. The molecule has 5 nitrogen and oxygen atoms in total. The van der Waals surface area contributed by atoms with E-state index >= 15 is 0 Å². The van der Waals surface area contributed by atoms with Gasteiger partial charge >= 0.3 is 0 Å². The number of pyridine rings is 1. The zero-order valence-corrected chi connectivity index (χ0v) is 17.8. The van der Waals surface area contributed by atoms with E-state index in [0.29, 0.717) is 13.0 Å². The van der Waals surface area contributed by atoms with Crippen LogP contribution in [0.2, 0.25) is 0 Å². The van der Waals surface area contributed by atoms with Crippen LogP contribution in [-0.4, -0.2) is 20.9 Å². The van der Waals surface area contributed by atoms with Crippen LogP contribution in [0.15, 0.2) is 54.2 Å². The number of hydrogen-bond acceptors (Lipinski definition) is 6. The zero-order valence-electron chi connectivity index (χ0n) is 16.2. The number of carbonyl (C=O) groups excluding carboxylic acids is 1. The molecule has 0 spiro atoms. The zero-order chi connectivity index (χ0) is 20.2. The van der Waals surface area contributed by atoms with E-state index in [1.54, 1.807) is 35.1 Å². The molecule has 0 radical (unpaired) electrons. The summed E-state index contributed by atoms with van der Waals surface area (Å²) in [6.45, 7) is 4.45. The third kappa shape index (κ3) is 4.75. The highest BCUT2D eigenvalue weighted by atomic mass is 32.1. The van der Waals surface area contributed by atoms with Crippen LogP contribution >= 0.6 is 22.7 Å². The van der Waals surface area contributed by atoms with Gasteiger partial charge in [0.1, 0.15) is 5.01 Å². The van der Waals surface area contributed by atoms with E-state index in [0.717, 1.165) is 37.4 Å². The molecule has 0 saturated heterocycles. The smallest absolute Gasteiger partial charge is 0.225 e. The topological polar surface area (TPSA) is 67.8 Å². The van der Waals surface area contributed by atoms with Gasteiger partial charge in [-0.1, -0.05) is 29.8 Å². The van der Waals surface area contributed by atoms with Crippen LogP contribution < -0.4 is 5.32 Å². The summed E-state index contributed by atoms with van der Waals surface area (Å²) in [5, 5.41) is 6.83. The van der Waals surface area contributed by atoms with Gasteiger partial charge in [-0.3, -0.25) is 9.78 Å². The molecular formula is C22H20N4OS2. The maximum atomic E-state index is 12.5. The summed E-state index contributed by atoms with van der Waals surface area (Å²) in [5.74, 6) is -0.0253. The lowest BCUT2D eigenvalue weighted by Gasteiger charge is -2.05. The summed E-state index contributed by atoms with van der Waals surface area (Å²) in [4.78, 5) is 26.8. The minimum atomic E-state index is -0.0253. The molecule has 0 aliphatic carbocycles. The molecule has 0 unspecified atom stereocenters. The molecule has 0 saturated carbocycles. The van der Waals surface area contributed by atoms with E-state index in [-0.39, 0.29) is 5.91 Å². The van der Waals surface area contributed by atoms with Gasteiger partial charge in [-0.05, 0) is 26.0 Å². The van der Waals surface area contributed by atoms with Gasteiger partial charge in [-0.15, -0.1) is 22.7 Å². The first-order chi connectivity index (χ1) is 14.1. The van der Waals surface area contributed by atoms with Crippen molar-refractivity contribution in [3.63, 3.8) is 0 Å². The van der Waals surface area contributed by atoms with E-state index < -0.39 is 0 Å². The lowest BCUT2D eigenvalue weighted by molar-refractivity contribution is -0.120. The van der Waals surface area contributed by atoms with E-state index in [4.69, 9.17) is 0 Å². The maximum absolute atomic E-state index is 12.5. The van der Waals surface area contributed by atoms with Crippen molar-refractivity contribution in [3.8, 4) is 22.5 Å². The quantitative estimate of drug-likeness (QED) is 0.486. The molecule has 0 bridgehead atoms. The molecular weight excluding hydrogens is 400 g/mol. The molecule has 3 aromatic heterocycles. The number of nitrogens with zero attached hydrogens (tertiary/aromatic N) is 3. The number of benzene rings is 1. The molecule has 0 atom stereocenters. The second kappa shape index (κ2) is 8.63. The van der Waals surface area contributed by atoms with Gasteiger partial charge in [0.15, 0.2) is 0 Å². The normalized spacial score (nSPS) is 10.8. The Kier molecular flexibility index (Phi) is 5.78. The summed E-state index contributed by atoms with van der Waals surface area (Å²) in [7, 11) is 0. The van der Waals surface area contributed by atoms with E-state index in [1.165, 1.54) is 5.56 Å². The van der Waals surface area contributed by atoms with Crippen LogP contribution in [0.4, 0.5) is 0 Å². The highest BCUT2D eigenvalue weighted by Crippen LogP contribution is 2.29. The van der Waals surface area contributed by atoms with Gasteiger partial charge in [0.05, 0.1) is 29.4 Å². The fourth-order valence-electron chi connectivity index (χ4n) is 2.96. The molecule has 1 aromatic carbocycles. The van der Waals surface area contributed by atoms with Crippen molar-refractivity contribution in [2.45, 2.75) is 26.8 Å². The number of thiazole rings is 2. The van der Waals surface area contributed by atoms with Gasteiger partial charge in [0.2, 0.25) is 5.91 Å². The standard InChI is InChI=1S/C22H20N4OS2/c1-14-3-5-17(6-4-14)22-19(29-15(2)25-22)11-20(27)24-12-21-26-18(13-28-21)16-7-9-23-10-8-16/h3-10,13H,11-12H2,1-2H3,(H,24,27). The summed E-state index contributed by atoms with van der Waals surface area (Å²) < 4.78 is 0. The molecule has 146 valence electrons. The predicted molar refractivity (Wildman–Crippen MR) is 118 cm³/mol. The van der Waals surface area contributed by atoms with Gasteiger partial charge in [0, 0.05) is 33.8 Å². The van der Waals surface area contributed by atoms with Gasteiger partial charge in [-0.2, -0.15) is 0 Å². The van der Waals surface area contributed by atoms with Crippen LogP contribution in [-0.2, 0) is 17.8 Å². The van der Waals surface area contributed by atoms with Gasteiger partial charge in [0.25, 0.3) is 0 Å². The minimum absolute atomic E-state index is 0.0253. The highest BCUT2D eigenvalue weighted by molar-refractivity contribution is 7.12. The number of carbonyl (C=O) groups is 1. The lowest BCUT2D eigenvalue weighted by atomic mass is 10.1. The Labute approximate surface area is 177 Å². The maximum Gasteiger partial charge on any atom is 0.225 e. The first-order valence-electron chi connectivity index (χ1n) is 9.23. The van der Waals surface area contributed by atoms with Crippen molar-refractivity contribution in [1.82, 2.24) is 20.3 Å². The van der Waals surface area contributed by atoms with Gasteiger partial charge in [-0.25, -0.2) is 9.97 Å². The summed E-state index contributed by atoms with van der Waals surface area (Å²) >= 11 is 3.12. The molecule has 4 aromatic rings. The average Bonchev–Trinajstić information content (AvgIpc) is 3.34. The second-order valence-corrected chi connectivity index (χ2v) is 8.92. The fraction of sp³-hybridized carbons (Fsp3) is 0.182. The summed E-state index contributed by atoms with van der Waals surface area (Å²) in [6, 6.07) is 12.1. The van der Waals surface area contributed by atoms with Crippen LogP contribution in [0, 0.1) is 13.8 Å². The fourth-order valence-corrected chi connectivity index (χ4v) is 4.66. The Bertz CT molecular complexity index is 1120. The van der Waals surface area contributed by atoms with Crippen LogP contribution in [0.3, 0.4) is 0 Å². The van der Waals surface area contributed by atoms with Gasteiger partial charge < -0.3 is 5.32 Å². The van der Waals surface area contributed by atoms with Crippen molar-refractivity contribution >= 4 is 28.6 Å². The summed E-state index contributed by atoms with van der Waals surface area (Å²) in [6.07, 6.45) is 3.81. The van der Waals surface area contributed by atoms with E-state index in [9.17, 15) is 4.79 Å². The number of rotatable bonds is 6. The third-order valence-corrected chi connectivity index (χ3v) is 6.23. The number of amides is 1. The van der Waals surface area contributed by atoms with Crippen molar-refractivity contribution in [3.05, 3.63) is 74.6 Å². The van der Waals surface area contributed by atoms with Crippen molar-refractivity contribution < 1.29 is 4.79 Å². The molecule has 29 heavy (non-hydrogen) atoms. The number of nitrogens with one attached hydrogen (secondary N) is 1. The van der Waals surface area contributed by atoms with E-state index in [1.807, 2.05) is 24.4 Å². The van der Waals surface area contributed by atoms with Crippen molar-refractivity contribution in [2.75, 3.05) is 0 Å². The Morgan fingerprint density at radius 2 is 1.76 bits per heavy atom. The number of aryl methyl sites for hydroxylation is 2. The first-order valence-corrected chi connectivity index (χ1v) is 10.9. The monoisotopic (exact) mass is 420 g/mol. The highest BCUT2D eigenvalue weighted by Gasteiger charge is 2.15. The van der Waals surface area contributed by atoms with E-state index in [2.05, 4.69) is 51.5 Å². The number of aromatic nitrogens is 3. The lowest BCUT2D eigenvalue weighted by Crippen LogP contribution is -2.24. The minimum Gasteiger partial charge on any atom is -0.349 e. The first kappa shape index (κ1) is 19.4. The molecule has 0 aliphatic heterocycles. The Morgan fingerprint density at radius 1 is 1.00 bits per heavy atom. The van der Waals surface area contributed by atoms with Crippen molar-refractivity contribution in [2.24, 2.45) is 0 Å². The SMILES string of the molecule is Cc1ccc(-c2nc(C)sc2CC(=O)NCc2nc(-c3ccncc3)cs2)cc1. The van der Waals surface area contributed by atoms with Crippen LogP contribution in [0.5, 0.6) is 0 Å². The van der Waals surface area contributed by atoms with Crippen LogP contribution in [0.1, 0.15) is 20.5 Å². The van der Waals surface area contributed by atoms with Crippen LogP contribution in [0.25, 0.3) is 22.5 Å². The molecule has 4 rings (SSSR count). The second-order valence-electron chi connectivity index (χ2n) is 6.69. The average molecular weight is 421 g/mol. The van der Waals surface area contributed by atoms with Crippen molar-refractivity contribution in [1.29, 1.82) is 0 Å². The predicted octanol–water partition coefficient (Wildman–Crippen LogP) is 4.80. The molecule has 7 heteroatoms. The molecule has 1 amide bonds. The molecule has 0 fully saturated rings. The largest absolute Gasteiger partial charge is 0.349 e. The Balaban J connectivity index is 1.41. The molecule has 1 N–H and O–H groups in total. The molecule has 0 aliphatic rings. The Hall–Kier alpha value is -2.90.